The van der Waals surface area contributed by atoms with Gasteiger partial charge < -0.3 is 10.2 Å². The molecule has 8 heteroatoms. The predicted molar refractivity (Wildman–Crippen MR) is 130 cm³/mol. The van der Waals surface area contributed by atoms with Gasteiger partial charge in [0.05, 0.1) is 5.75 Å². The average molecular weight is 478 g/mol. The second-order valence-electron chi connectivity index (χ2n) is 8.15. The van der Waals surface area contributed by atoms with Crippen molar-refractivity contribution < 1.29 is 18.0 Å². The van der Waals surface area contributed by atoms with Gasteiger partial charge in [0.1, 0.15) is 6.04 Å². The van der Waals surface area contributed by atoms with Gasteiger partial charge in [0.15, 0.2) is 0 Å². The standard InChI is InChI=1S/C26H27N3O4S/c30-25(23-14-8-3-9-15-23)27-24(22-12-6-2-7-13-22)26(31)28-16-18-29(19-17-28)34(32,33)20-21-10-4-1-5-11-21/h1-15,24H,16-20H2,(H,27,30). The van der Waals surface area contributed by atoms with Crippen molar-refractivity contribution in [2.24, 2.45) is 0 Å². The highest BCUT2D eigenvalue weighted by atomic mass is 32.2. The molecule has 2 amide bonds. The zero-order valence-corrected chi connectivity index (χ0v) is 19.5. The maximum atomic E-state index is 13.5. The van der Waals surface area contributed by atoms with Gasteiger partial charge in [0.2, 0.25) is 15.9 Å². The zero-order chi connectivity index (χ0) is 24.0. The van der Waals surface area contributed by atoms with E-state index in [2.05, 4.69) is 5.32 Å². The maximum absolute atomic E-state index is 13.5. The Hall–Kier alpha value is -3.49. The van der Waals surface area contributed by atoms with E-state index in [4.69, 9.17) is 0 Å². The van der Waals surface area contributed by atoms with E-state index in [0.29, 0.717) is 11.1 Å². The molecule has 1 unspecified atom stereocenters. The van der Waals surface area contributed by atoms with Crippen LogP contribution in [0, 0.1) is 0 Å². The SMILES string of the molecule is O=C(NC(C(=O)N1CCN(S(=O)(=O)Cc2ccccc2)CC1)c1ccccc1)c1ccccc1. The normalized spacial score (nSPS) is 15.5. The average Bonchev–Trinajstić information content (AvgIpc) is 2.88. The molecule has 34 heavy (non-hydrogen) atoms. The molecule has 1 atom stereocenters. The first kappa shape index (κ1) is 23.7. The molecule has 7 nitrogen and oxygen atoms in total. The van der Waals surface area contributed by atoms with Gasteiger partial charge in [-0.1, -0.05) is 78.9 Å². The molecule has 1 N–H and O–H groups in total. The minimum Gasteiger partial charge on any atom is -0.338 e. The van der Waals surface area contributed by atoms with Crippen molar-refractivity contribution in [1.82, 2.24) is 14.5 Å². The van der Waals surface area contributed by atoms with E-state index in [-0.39, 0.29) is 43.7 Å². The van der Waals surface area contributed by atoms with Gasteiger partial charge in [-0.2, -0.15) is 4.31 Å². The van der Waals surface area contributed by atoms with Gasteiger partial charge in [-0.25, -0.2) is 8.42 Å². The second kappa shape index (κ2) is 10.6. The Morgan fingerprint density at radius 1 is 0.765 bits per heavy atom. The second-order valence-corrected chi connectivity index (χ2v) is 10.1. The Morgan fingerprint density at radius 2 is 1.29 bits per heavy atom. The van der Waals surface area contributed by atoms with Crippen LogP contribution in [-0.4, -0.2) is 55.6 Å². The molecule has 1 aliphatic heterocycles. The number of sulfonamides is 1. The number of nitrogens with zero attached hydrogens (tertiary/aromatic N) is 2. The number of carbonyl (C=O) groups is 2. The molecular formula is C26H27N3O4S. The van der Waals surface area contributed by atoms with Crippen LogP contribution in [-0.2, 0) is 20.6 Å². The van der Waals surface area contributed by atoms with Crippen LogP contribution in [0.25, 0.3) is 0 Å². The first-order valence-corrected chi connectivity index (χ1v) is 12.8. The van der Waals surface area contributed by atoms with Crippen molar-refractivity contribution in [1.29, 1.82) is 0 Å². The highest BCUT2D eigenvalue weighted by Crippen LogP contribution is 2.20. The summed E-state index contributed by atoms with van der Waals surface area (Å²) in [6.45, 7) is 0.957. The van der Waals surface area contributed by atoms with E-state index in [1.54, 1.807) is 53.4 Å². The van der Waals surface area contributed by atoms with Crippen molar-refractivity contribution in [3.05, 3.63) is 108 Å². The van der Waals surface area contributed by atoms with Gasteiger partial charge >= 0.3 is 0 Å². The molecule has 4 rings (SSSR count). The number of benzene rings is 3. The largest absolute Gasteiger partial charge is 0.338 e. The quantitative estimate of drug-likeness (QED) is 0.567. The van der Waals surface area contributed by atoms with Crippen LogP contribution in [0.15, 0.2) is 91.0 Å². The van der Waals surface area contributed by atoms with E-state index in [1.807, 2.05) is 42.5 Å². The van der Waals surface area contributed by atoms with E-state index in [1.165, 1.54) is 4.31 Å². The molecule has 176 valence electrons. The van der Waals surface area contributed by atoms with Crippen molar-refractivity contribution in [3.8, 4) is 0 Å². The summed E-state index contributed by atoms with van der Waals surface area (Å²) < 4.78 is 27.1. The van der Waals surface area contributed by atoms with Crippen molar-refractivity contribution >= 4 is 21.8 Å². The molecule has 0 bridgehead atoms. The molecule has 0 aliphatic carbocycles. The number of carbonyl (C=O) groups excluding carboxylic acids is 2. The smallest absolute Gasteiger partial charge is 0.252 e. The van der Waals surface area contributed by atoms with Gasteiger partial charge in [0.25, 0.3) is 5.91 Å². The van der Waals surface area contributed by atoms with E-state index in [9.17, 15) is 18.0 Å². The lowest BCUT2D eigenvalue weighted by atomic mass is 10.0. The molecule has 0 saturated carbocycles. The minimum atomic E-state index is -3.49. The summed E-state index contributed by atoms with van der Waals surface area (Å²) in [5, 5.41) is 2.86. The van der Waals surface area contributed by atoms with Crippen LogP contribution in [0.4, 0.5) is 0 Å². The number of amides is 2. The summed E-state index contributed by atoms with van der Waals surface area (Å²) in [6.07, 6.45) is 0. The fourth-order valence-corrected chi connectivity index (χ4v) is 5.50. The summed E-state index contributed by atoms with van der Waals surface area (Å²) in [5.41, 5.74) is 1.87. The van der Waals surface area contributed by atoms with E-state index in [0.717, 1.165) is 5.56 Å². The predicted octanol–water partition coefficient (Wildman–Crippen LogP) is 2.83. The fourth-order valence-electron chi connectivity index (χ4n) is 3.98. The van der Waals surface area contributed by atoms with Crippen LogP contribution in [0.2, 0.25) is 0 Å². The highest BCUT2D eigenvalue weighted by molar-refractivity contribution is 7.88. The molecule has 0 radical (unpaired) electrons. The molecule has 3 aromatic rings. The zero-order valence-electron chi connectivity index (χ0n) is 18.7. The molecule has 1 heterocycles. The van der Waals surface area contributed by atoms with E-state index >= 15 is 0 Å². The van der Waals surface area contributed by atoms with Gasteiger partial charge in [0, 0.05) is 31.7 Å². The molecule has 1 aliphatic rings. The van der Waals surface area contributed by atoms with Crippen molar-refractivity contribution in [2.75, 3.05) is 26.2 Å². The summed E-state index contributed by atoms with van der Waals surface area (Å²) >= 11 is 0. The topological polar surface area (TPSA) is 86.8 Å². The number of nitrogens with one attached hydrogen (secondary N) is 1. The Labute approximate surface area is 200 Å². The minimum absolute atomic E-state index is 0.0679. The van der Waals surface area contributed by atoms with Crippen LogP contribution >= 0.6 is 0 Å². The van der Waals surface area contributed by atoms with Crippen LogP contribution in [0.5, 0.6) is 0 Å². The lowest BCUT2D eigenvalue weighted by Gasteiger charge is -2.36. The lowest BCUT2D eigenvalue weighted by Crippen LogP contribution is -2.53. The van der Waals surface area contributed by atoms with Crippen LogP contribution < -0.4 is 5.32 Å². The number of rotatable bonds is 7. The maximum Gasteiger partial charge on any atom is 0.252 e. The Morgan fingerprint density at radius 3 is 1.88 bits per heavy atom. The molecular weight excluding hydrogens is 450 g/mol. The number of hydrogen-bond donors (Lipinski definition) is 1. The third-order valence-corrected chi connectivity index (χ3v) is 7.68. The number of hydrogen-bond acceptors (Lipinski definition) is 4. The highest BCUT2D eigenvalue weighted by Gasteiger charge is 2.33. The summed E-state index contributed by atoms with van der Waals surface area (Å²) in [6, 6.07) is 26.0. The fraction of sp³-hybridized carbons (Fsp3) is 0.231. The molecule has 1 fully saturated rings. The van der Waals surface area contributed by atoms with Crippen LogP contribution in [0.1, 0.15) is 27.5 Å². The monoisotopic (exact) mass is 477 g/mol. The van der Waals surface area contributed by atoms with Crippen molar-refractivity contribution in [3.63, 3.8) is 0 Å². The van der Waals surface area contributed by atoms with Crippen molar-refractivity contribution in [2.45, 2.75) is 11.8 Å². The Balaban J connectivity index is 1.45. The third-order valence-electron chi connectivity index (χ3n) is 5.83. The first-order valence-electron chi connectivity index (χ1n) is 11.2. The van der Waals surface area contributed by atoms with Gasteiger partial charge in [-0.15, -0.1) is 0 Å². The summed E-state index contributed by atoms with van der Waals surface area (Å²) in [5.74, 6) is -0.663. The molecule has 3 aromatic carbocycles. The first-order chi connectivity index (χ1) is 16.4. The van der Waals surface area contributed by atoms with Gasteiger partial charge in [-0.3, -0.25) is 9.59 Å². The number of piperazine rings is 1. The lowest BCUT2D eigenvalue weighted by molar-refractivity contribution is -0.134. The third kappa shape index (κ3) is 5.70. The summed E-state index contributed by atoms with van der Waals surface area (Å²) in [7, 11) is -3.49. The Kier molecular flexibility index (Phi) is 7.40. The molecule has 0 aromatic heterocycles. The Bertz CT molecular complexity index is 1210. The summed E-state index contributed by atoms with van der Waals surface area (Å²) in [4.78, 5) is 27.9. The molecule has 0 spiro atoms. The molecule has 1 saturated heterocycles. The van der Waals surface area contributed by atoms with E-state index < -0.39 is 16.1 Å². The van der Waals surface area contributed by atoms with Crippen LogP contribution in [0.3, 0.4) is 0 Å². The van der Waals surface area contributed by atoms with Gasteiger partial charge in [-0.05, 0) is 23.3 Å².